The van der Waals surface area contributed by atoms with Gasteiger partial charge in [0, 0.05) is 24.9 Å². The van der Waals surface area contributed by atoms with Gasteiger partial charge in [-0.05, 0) is 55.9 Å². The van der Waals surface area contributed by atoms with E-state index in [1.54, 1.807) is 48.5 Å². The number of nitrogens with one attached hydrogen (secondary N) is 4. The first-order chi connectivity index (χ1) is 24.9. The van der Waals surface area contributed by atoms with Crippen LogP contribution in [0, 0.1) is 23.2 Å². The molecule has 1 aliphatic heterocycles. The second-order valence-corrected chi connectivity index (χ2v) is 16.0. The van der Waals surface area contributed by atoms with Crippen LogP contribution in [0.1, 0.15) is 103 Å². The van der Waals surface area contributed by atoms with Gasteiger partial charge in [0.05, 0.1) is 23.9 Å². The minimum absolute atomic E-state index is 0.0296. The van der Waals surface area contributed by atoms with Crippen molar-refractivity contribution in [3.05, 3.63) is 60.2 Å². The number of rotatable bonds is 14. The van der Waals surface area contributed by atoms with E-state index in [0.29, 0.717) is 19.3 Å². The molecule has 1 saturated heterocycles. The van der Waals surface area contributed by atoms with E-state index < -0.39 is 88.4 Å². The number of aliphatic hydroxyl groups is 1. The van der Waals surface area contributed by atoms with Gasteiger partial charge in [-0.15, -0.1) is 0 Å². The fraction of sp³-hybridized carbons (Fsp3) is 0.590. The number of aromatic nitrogens is 2. The number of carbonyl (C=O) groups is 6. The zero-order valence-corrected chi connectivity index (χ0v) is 32.0. The average Bonchev–Trinajstić information content (AvgIpc) is 3.65. The lowest BCUT2D eigenvalue weighted by Gasteiger charge is -2.37. The molecule has 4 rings (SSSR count). The Labute approximate surface area is 311 Å². The van der Waals surface area contributed by atoms with Crippen LogP contribution in [0.4, 0.5) is 0 Å². The van der Waals surface area contributed by atoms with Gasteiger partial charge in [0.15, 0.2) is 0 Å². The molecule has 0 spiro atoms. The van der Waals surface area contributed by atoms with E-state index in [1.807, 2.05) is 37.3 Å². The Morgan fingerprint density at radius 2 is 1.66 bits per heavy atom. The minimum atomic E-state index is -1.15. The SMILES string of the molecule is CCCC(NC(=O)[C@@H]1[C@H]2CC[C@@](C)(O)[C@H]2CN1C(=O)[C@@H](NC(=O)[C@H](NC(=O)c1cnccn1)C(C)C)C(C)(C)C)C(=O)C(=O)N[C@@H](C)c1ccccc1. The van der Waals surface area contributed by atoms with E-state index in [-0.39, 0.29) is 24.6 Å². The molecule has 2 aliphatic rings. The Morgan fingerprint density at radius 3 is 2.25 bits per heavy atom. The molecule has 1 aliphatic carbocycles. The lowest BCUT2D eigenvalue weighted by molar-refractivity contribution is -0.146. The number of fused-ring (bicyclic) bond motifs is 1. The van der Waals surface area contributed by atoms with E-state index >= 15 is 0 Å². The second kappa shape index (κ2) is 17.0. The Bertz CT molecular complexity index is 1640. The standard InChI is InChI=1S/C39H55N7O7/c1-9-13-27(31(47)36(51)42-23(4)24-14-11-10-12-15-24)43-35(50)30-25-16-17-39(8,53)26(25)21-46(30)37(52)32(38(5,6)7)45-34(49)29(22(2)3)44-33(48)28-20-40-18-19-41-28/h10-12,14-15,18-20,22-23,25-27,29-30,32,53H,9,13,16-17,21H2,1-8H3,(H,42,51)(H,43,50)(H,44,48)(H,45,49)/t23-,25-,26-,27?,29+,30-,32+,39+/m0/s1. The van der Waals surface area contributed by atoms with Crippen molar-refractivity contribution in [1.82, 2.24) is 36.1 Å². The minimum Gasteiger partial charge on any atom is -0.390 e. The first-order valence-corrected chi connectivity index (χ1v) is 18.5. The summed E-state index contributed by atoms with van der Waals surface area (Å²) >= 11 is 0. The molecule has 1 aromatic heterocycles. The number of ketones is 1. The second-order valence-electron chi connectivity index (χ2n) is 16.0. The maximum absolute atomic E-state index is 14.6. The summed E-state index contributed by atoms with van der Waals surface area (Å²) in [6.07, 6.45) is 5.64. The summed E-state index contributed by atoms with van der Waals surface area (Å²) < 4.78 is 0. The molecule has 0 radical (unpaired) electrons. The molecule has 1 unspecified atom stereocenters. The van der Waals surface area contributed by atoms with Crippen molar-refractivity contribution in [2.24, 2.45) is 23.2 Å². The van der Waals surface area contributed by atoms with Crippen LogP contribution >= 0.6 is 0 Å². The van der Waals surface area contributed by atoms with Crippen molar-refractivity contribution in [3.8, 4) is 0 Å². The molecule has 5 amide bonds. The van der Waals surface area contributed by atoms with Crippen LogP contribution in [0.25, 0.3) is 0 Å². The molecular formula is C39H55N7O7. The maximum atomic E-state index is 14.6. The third kappa shape index (κ3) is 9.64. The van der Waals surface area contributed by atoms with E-state index in [0.717, 1.165) is 5.56 Å². The number of likely N-dealkylation sites (tertiary alicyclic amines) is 1. The predicted octanol–water partition coefficient (Wildman–Crippen LogP) is 2.48. The zero-order valence-electron chi connectivity index (χ0n) is 32.0. The summed E-state index contributed by atoms with van der Waals surface area (Å²) in [4.78, 5) is 91.7. The van der Waals surface area contributed by atoms with Crippen molar-refractivity contribution in [2.45, 2.75) is 117 Å². The summed E-state index contributed by atoms with van der Waals surface area (Å²) in [6.45, 7) is 14.2. The number of carbonyl (C=O) groups excluding carboxylic acids is 6. The van der Waals surface area contributed by atoms with Gasteiger partial charge in [0.2, 0.25) is 23.5 Å². The molecule has 8 atom stereocenters. The Balaban J connectivity index is 1.57. The van der Waals surface area contributed by atoms with Crippen molar-refractivity contribution in [3.63, 3.8) is 0 Å². The normalized spacial score (nSPS) is 23.3. The first kappa shape index (κ1) is 41.0. The van der Waals surface area contributed by atoms with Crippen LogP contribution in [0.2, 0.25) is 0 Å². The molecule has 2 heterocycles. The predicted molar refractivity (Wildman–Crippen MR) is 197 cm³/mol. The highest BCUT2D eigenvalue weighted by Crippen LogP contribution is 2.48. The molecule has 1 saturated carbocycles. The van der Waals surface area contributed by atoms with Crippen LogP contribution < -0.4 is 21.3 Å². The van der Waals surface area contributed by atoms with Gasteiger partial charge in [-0.25, -0.2) is 4.98 Å². The Kier molecular flexibility index (Phi) is 13.1. The molecular weight excluding hydrogens is 678 g/mol. The quantitative estimate of drug-likeness (QED) is 0.181. The number of nitrogens with zero attached hydrogens (tertiary/aromatic N) is 3. The molecule has 5 N–H and O–H groups in total. The Hall–Kier alpha value is -4.72. The van der Waals surface area contributed by atoms with Crippen LogP contribution in [0.15, 0.2) is 48.9 Å². The van der Waals surface area contributed by atoms with Gasteiger partial charge in [0.1, 0.15) is 23.8 Å². The van der Waals surface area contributed by atoms with Crippen molar-refractivity contribution < 1.29 is 33.9 Å². The zero-order chi connectivity index (χ0) is 39.2. The van der Waals surface area contributed by atoms with Gasteiger partial charge < -0.3 is 31.3 Å². The lowest BCUT2D eigenvalue weighted by atomic mass is 9.84. The fourth-order valence-corrected chi connectivity index (χ4v) is 7.41. The number of benzene rings is 1. The van der Waals surface area contributed by atoms with E-state index in [2.05, 4.69) is 31.2 Å². The van der Waals surface area contributed by atoms with Gasteiger partial charge in [0.25, 0.3) is 11.8 Å². The third-order valence-electron chi connectivity index (χ3n) is 10.5. The molecule has 0 bridgehead atoms. The number of hydrogen-bond acceptors (Lipinski definition) is 9. The van der Waals surface area contributed by atoms with E-state index in [9.17, 15) is 33.9 Å². The van der Waals surface area contributed by atoms with Gasteiger partial charge in [-0.3, -0.25) is 33.8 Å². The summed E-state index contributed by atoms with van der Waals surface area (Å²) in [5.41, 5.74) is -1.16. The summed E-state index contributed by atoms with van der Waals surface area (Å²) in [7, 11) is 0. The molecule has 14 nitrogen and oxygen atoms in total. The number of amides is 5. The molecule has 1 aromatic carbocycles. The van der Waals surface area contributed by atoms with Crippen molar-refractivity contribution >= 4 is 35.3 Å². The highest BCUT2D eigenvalue weighted by atomic mass is 16.3. The van der Waals surface area contributed by atoms with Crippen molar-refractivity contribution in [1.29, 1.82) is 0 Å². The summed E-state index contributed by atoms with van der Waals surface area (Å²) in [5, 5.41) is 22.4. The highest BCUT2D eigenvalue weighted by molar-refractivity contribution is 6.38. The van der Waals surface area contributed by atoms with Crippen LogP contribution in [-0.2, 0) is 24.0 Å². The molecule has 53 heavy (non-hydrogen) atoms. The molecule has 2 fully saturated rings. The average molecular weight is 734 g/mol. The smallest absolute Gasteiger partial charge is 0.290 e. The van der Waals surface area contributed by atoms with Crippen LogP contribution in [0.5, 0.6) is 0 Å². The molecule has 2 aromatic rings. The highest BCUT2D eigenvalue weighted by Gasteiger charge is 2.58. The monoisotopic (exact) mass is 733 g/mol. The third-order valence-corrected chi connectivity index (χ3v) is 10.5. The van der Waals surface area contributed by atoms with Gasteiger partial charge in [-0.1, -0.05) is 78.3 Å². The molecule has 288 valence electrons. The van der Waals surface area contributed by atoms with Gasteiger partial charge >= 0.3 is 0 Å². The fourth-order valence-electron chi connectivity index (χ4n) is 7.41. The number of Topliss-reactive ketones (excluding diaryl/α,β-unsaturated/α-hetero) is 1. The largest absolute Gasteiger partial charge is 0.390 e. The topological polar surface area (TPSA) is 200 Å². The van der Waals surface area contributed by atoms with E-state index in [1.165, 1.54) is 23.5 Å². The van der Waals surface area contributed by atoms with Crippen LogP contribution in [-0.4, -0.2) is 91.6 Å². The first-order valence-electron chi connectivity index (χ1n) is 18.5. The number of hydrogen-bond donors (Lipinski definition) is 5. The lowest BCUT2D eigenvalue weighted by Crippen LogP contribution is -2.62. The summed E-state index contributed by atoms with van der Waals surface area (Å²) in [5.74, 6) is -5.20. The van der Waals surface area contributed by atoms with E-state index in [4.69, 9.17) is 0 Å². The Morgan fingerprint density at radius 1 is 0.981 bits per heavy atom. The molecule has 14 heteroatoms. The van der Waals surface area contributed by atoms with Gasteiger partial charge in [-0.2, -0.15) is 0 Å². The maximum Gasteiger partial charge on any atom is 0.290 e. The van der Waals surface area contributed by atoms with Crippen LogP contribution in [0.3, 0.4) is 0 Å². The van der Waals surface area contributed by atoms with Crippen molar-refractivity contribution in [2.75, 3.05) is 6.54 Å². The summed E-state index contributed by atoms with van der Waals surface area (Å²) in [6, 6.07) is 4.37.